The number of carbonyl (C=O) groups is 1. The lowest BCUT2D eigenvalue weighted by molar-refractivity contribution is 0.0995. The van der Waals surface area contributed by atoms with Crippen LogP contribution in [-0.4, -0.2) is 23.5 Å². The number of pyridine rings is 1. The van der Waals surface area contributed by atoms with Gasteiger partial charge in [-0.05, 0) is 24.0 Å². The summed E-state index contributed by atoms with van der Waals surface area (Å²) in [4.78, 5) is 16.1. The number of hydrogen-bond donors (Lipinski definition) is 3. The van der Waals surface area contributed by atoms with Gasteiger partial charge in [-0.2, -0.15) is 0 Å². The largest absolute Gasteiger partial charge is 0.382 e. The number of rotatable bonds is 4. The maximum Gasteiger partial charge on any atom is 0.267 e. The number of anilines is 1. The predicted molar refractivity (Wildman–Crippen MR) is 90.0 cm³/mol. The molecule has 1 aromatic heterocycles. The predicted octanol–water partition coefficient (Wildman–Crippen LogP) is 2.41. The second-order valence-corrected chi connectivity index (χ2v) is 7.96. The third-order valence-electron chi connectivity index (χ3n) is 4.60. The van der Waals surface area contributed by atoms with Gasteiger partial charge >= 0.3 is 0 Å². The molecule has 0 spiro atoms. The van der Waals surface area contributed by atoms with E-state index in [1.54, 1.807) is 6.07 Å². The summed E-state index contributed by atoms with van der Waals surface area (Å²) in [6, 6.07) is 2.15. The number of amides is 1. The van der Waals surface area contributed by atoms with Gasteiger partial charge < -0.3 is 16.4 Å². The summed E-state index contributed by atoms with van der Waals surface area (Å²) in [6.45, 7) is 14.5. The molecule has 2 heterocycles. The Kier molecular flexibility index (Phi) is 4.22. The Bertz CT molecular complexity index is 587. The first kappa shape index (κ1) is 16.7. The van der Waals surface area contributed by atoms with Gasteiger partial charge in [0.25, 0.3) is 5.91 Å². The van der Waals surface area contributed by atoms with E-state index < -0.39 is 5.91 Å². The van der Waals surface area contributed by atoms with Crippen molar-refractivity contribution in [1.29, 1.82) is 0 Å². The second-order valence-electron chi connectivity index (χ2n) is 7.96. The van der Waals surface area contributed by atoms with Crippen molar-refractivity contribution >= 4 is 11.6 Å². The Morgan fingerprint density at radius 2 is 2.14 bits per heavy atom. The third-order valence-corrected chi connectivity index (χ3v) is 4.60. The number of nitrogens with one attached hydrogen (secondary N) is 2. The third kappa shape index (κ3) is 3.24. The quantitative estimate of drug-likeness (QED) is 0.798. The summed E-state index contributed by atoms with van der Waals surface area (Å²) < 4.78 is 0. The van der Waals surface area contributed by atoms with Gasteiger partial charge in [-0.3, -0.25) is 4.79 Å². The normalized spacial score (nSPS) is 17.7. The lowest BCUT2D eigenvalue weighted by Gasteiger charge is -2.28. The van der Waals surface area contributed by atoms with E-state index in [-0.39, 0.29) is 10.8 Å². The minimum Gasteiger partial charge on any atom is -0.382 e. The number of primary amides is 1. The van der Waals surface area contributed by atoms with E-state index in [0.717, 1.165) is 23.5 Å². The van der Waals surface area contributed by atoms with Gasteiger partial charge in [0, 0.05) is 24.5 Å². The van der Waals surface area contributed by atoms with E-state index >= 15 is 0 Å². The Morgan fingerprint density at radius 1 is 1.50 bits per heavy atom. The van der Waals surface area contributed by atoms with Crippen LogP contribution in [0.5, 0.6) is 0 Å². The highest BCUT2D eigenvalue weighted by atomic mass is 16.1. The average Bonchev–Trinajstić information content (AvgIpc) is 2.70. The van der Waals surface area contributed by atoms with Crippen LogP contribution in [0.2, 0.25) is 0 Å². The van der Waals surface area contributed by atoms with Gasteiger partial charge in [0.05, 0.1) is 11.4 Å². The molecule has 2 rings (SSSR count). The molecule has 5 nitrogen and oxygen atoms in total. The summed E-state index contributed by atoms with van der Waals surface area (Å²) in [6.07, 6.45) is 0. The average molecular weight is 304 g/mol. The van der Waals surface area contributed by atoms with Gasteiger partial charge in [0.15, 0.2) is 0 Å². The highest BCUT2D eigenvalue weighted by molar-refractivity contribution is 5.91. The van der Waals surface area contributed by atoms with Crippen LogP contribution in [0, 0.1) is 5.41 Å². The standard InChI is InChI=1S/C17H28N4O/c1-10(16(2,3)4)19-8-11-7-12(15(18)22)21-14-13(11)20-9-17(14,5)6/h7,10,19-20H,8-9H2,1-6H3,(H2,18,22)/t10-/m0/s1. The molecule has 0 aromatic carbocycles. The van der Waals surface area contributed by atoms with E-state index in [0.29, 0.717) is 18.3 Å². The topological polar surface area (TPSA) is 80.0 Å². The molecule has 122 valence electrons. The first-order valence-corrected chi connectivity index (χ1v) is 7.84. The van der Waals surface area contributed by atoms with Crippen LogP contribution in [0.1, 0.15) is 63.3 Å². The van der Waals surface area contributed by atoms with Crippen LogP contribution in [0.4, 0.5) is 5.69 Å². The van der Waals surface area contributed by atoms with E-state index in [1.165, 1.54) is 0 Å². The smallest absolute Gasteiger partial charge is 0.267 e. The molecule has 1 amide bonds. The first-order chi connectivity index (χ1) is 10.0. The molecule has 4 N–H and O–H groups in total. The molecule has 0 unspecified atom stereocenters. The first-order valence-electron chi connectivity index (χ1n) is 7.84. The zero-order chi connectivity index (χ0) is 16.7. The minimum absolute atomic E-state index is 0.0921. The van der Waals surface area contributed by atoms with E-state index in [1.807, 2.05) is 0 Å². The van der Waals surface area contributed by atoms with Crippen molar-refractivity contribution in [2.45, 2.75) is 59.5 Å². The zero-order valence-corrected chi connectivity index (χ0v) is 14.5. The highest BCUT2D eigenvalue weighted by Crippen LogP contribution is 2.37. The van der Waals surface area contributed by atoms with Crippen LogP contribution in [0.25, 0.3) is 0 Å². The van der Waals surface area contributed by atoms with Crippen LogP contribution >= 0.6 is 0 Å². The van der Waals surface area contributed by atoms with Crippen LogP contribution in [0.15, 0.2) is 6.07 Å². The SMILES string of the molecule is C[C@H](NCc1cc(C(N)=O)nc2c1NCC2(C)C)C(C)(C)C. The number of aromatic nitrogens is 1. The van der Waals surface area contributed by atoms with Crippen LogP contribution in [-0.2, 0) is 12.0 Å². The van der Waals surface area contributed by atoms with Crippen molar-refractivity contribution in [1.82, 2.24) is 10.3 Å². The van der Waals surface area contributed by atoms with Crippen molar-refractivity contribution in [3.8, 4) is 0 Å². The molecule has 1 aliphatic heterocycles. The van der Waals surface area contributed by atoms with Crippen molar-refractivity contribution in [3.63, 3.8) is 0 Å². The molecule has 5 heteroatoms. The van der Waals surface area contributed by atoms with Crippen LogP contribution in [0.3, 0.4) is 0 Å². The van der Waals surface area contributed by atoms with E-state index in [4.69, 9.17) is 5.73 Å². The Hall–Kier alpha value is -1.62. The maximum atomic E-state index is 11.6. The molecular weight excluding hydrogens is 276 g/mol. The number of fused-ring (bicyclic) bond motifs is 1. The number of hydrogen-bond acceptors (Lipinski definition) is 4. The molecule has 1 atom stereocenters. The highest BCUT2D eigenvalue weighted by Gasteiger charge is 2.34. The van der Waals surface area contributed by atoms with Gasteiger partial charge in [-0.15, -0.1) is 0 Å². The summed E-state index contributed by atoms with van der Waals surface area (Å²) in [5.41, 5.74) is 8.91. The summed E-state index contributed by atoms with van der Waals surface area (Å²) in [7, 11) is 0. The maximum absolute atomic E-state index is 11.6. The fourth-order valence-electron chi connectivity index (χ4n) is 2.51. The Balaban J connectivity index is 2.34. The fraction of sp³-hybridized carbons (Fsp3) is 0.647. The summed E-state index contributed by atoms with van der Waals surface area (Å²) >= 11 is 0. The lowest BCUT2D eigenvalue weighted by Crippen LogP contribution is -2.37. The monoisotopic (exact) mass is 304 g/mol. The molecule has 22 heavy (non-hydrogen) atoms. The molecule has 0 radical (unpaired) electrons. The summed E-state index contributed by atoms with van der Waals surface area (Å²) in [5.74, 6) is -0.476. The van der Waals surface area contributed by atoms with Crippen molar-refractivity contribution in [3.05, 3.63) is 23.0 Å². The van der Waals surface area contributed by atoms with Crippen molar-refractivity contribution < 1.29 is 4.79 Å². The molecular formula is C17H28N4O. The van der Waals surface area contributed by atoms with Gasteiger partial charge in [0.1, 0.15) is 5.69 Å². The van der Waals surface area contributed by atoms with Gasteiger partial charge in [-0.25, -0.2) is 4.98 Å². The van der Waals surface area contributed by atoms with Gasteiger partial charge in [0.2, 0.25) is 0 Å². The number of carbonyl (C=O) groups excluding carboxylic acids is 1. The van der Waals surface area contributed by atoms with Crippen molar-refractivity contribution in [2.24, 2.45) is 11.1 Å². The molecule has 0 bridgehead atoms. The molecule has 1 aliphatic rings. The molecule has 0 saturated heterocycles. The Morgan fingerprint density at radius 3 is 2.68 bits per heavy atom. The van der Waals surface area contributed by atoms with Gasteiger partial charge in [-0.1, -0.05) is 34.6 Å². The fourth-order valence-corrected chi connectivity index (χ4v) is 2.51. The molecule has 0 saturated carbocycles. The Labute approximate surface area is 133 Å². The second kappa shape index (κ2) is 5.54. The summed E-state index contributed by atoms with van der Waals surface area (Å²) in [5, 5.41) is 6.98. The van der Waals surface area contributed by atoms with Crippen LogP contribution < -0.4 is 16.4 Å². The molecule has 0 fully saturated rings. The zero-order valence-electron chi connectivity index (χ0n) is 14.5. The minimum atomic E-state index is -0.476. The molecule has 0 aliphatic carbocycles. The van der Waals surface area contributed by atoms with E-state index in [9.17, 15) is 4.79 Å². The lowest BCUT2D eigenvalue weighted by atomic mass is 9.87. The number of nitrogens with two attached hydrogens (primary N) is 1. The van der Waals surface area contributed by atoms with Crippen molar-refractivity contribution in [2.75, 3.05) is 11.9 Å². The van der Waals surface area contributed by atoms with E-state index in [2.05, 4.69) is 57.2 Å². The number of nitrogens with zero attached hydrogens (tertiary/aromatic N) is 1. The molecule has 1 aromatic rings.